The second kappa shape index (κ2) is 15.0. The van der Waals surface area contributed by atoms with Crippen LogP contribution in [0.25, 0.3) is 5.57 Å². The first-order valence-corrected chi connectivity index (χ1v) is 12.6. The summed E-state index contributed by atoms with van der Waals surface area (Å²) >= 11 is 0. The Kier molecular flexibility index (Phi) is 12.8. The van der Waals surface area contributed by atoms with Crippen LogP contribution >= 0.6 is 0 Å². The fourth-order valence-electron chi connectivity index (χ4n) is 4.47. The van der Waals surface area contributed by atoms with E-state index in [-0.39, 0.29) is 0 Å². The zero-order valence-electron chi connectivity index (χ0n) is 22.3. The normalized spacial score (nSPS) is 12.4. The van der Waals surface area contributed by atoms with Crippen molar-refractivity contribution in [3.63, 3.8) is 0 Å². The second-order valence-corrected chi connectivity index (χ2v) is 8.36. The van der Waals surface area contributed by atoms with Crippen LogP contribution in [-0.2, 0) is 0 Å². The van der Waals surface area contributed by atoms with Crippen LogP contribution in [0.5, 0.6) is 0 Å². The smallest absolute Gasteiger partial charge is 0.0491 e. The Labute approximate surface area is 209 Å². The van der Waals surface area contributed by atoms with Gasteiger partial charge < -0.3 is 9.80 Å². The molecule has 0 aromatic heterocycles. The fourth-order valence-corrected chi connectivity index (χ4v) is 4.47. The van der Waals surface area contributed by atoms with E-state index in [9.17, 15) is 0 Å². The standard InChI is InChI=1S/C28H36N2.C2H6.C2H2/c1-7-16-29(17-8-2)18-19-30-23(6)27(21(3)4)28(24-12-10-9-11-13-24)25-20-22(5)14-15-26(25)30;2*1-2/h9-15,20H,3,6-8,16-19H2,1-2,4-5H3;1-2H3;1-2H. The Bertz CT molecular complexity index is 973. The largest absolute Gasteiger partial charge is 0.340 e. The first-order chi connectivity index (χ1) is 16.5. The minimum atomic E-state index is 0.938. The summed E-state index contributed by atoms with van der Waals surface area (Å²) in [5, 5.41) is 0. The zero-order valence-corrected chi connectivity index (χ0v) is 22.3. The van der Waals surface area contributed by atoms with E-state index in [2.05, 4.69) is 112 Å². The van der Waals surface area contributed by atoms with Gasteiger partial charge in [0.05, 0.1) is 0 Å². The molecule has 3 rings (SSSR count). The number of benzene rings is 2. The molecule has 2 nitrogen and oxygen atoms in total. The molecule has 1 aliphatic rings. The molecule has 0 fully saturated rings. The maximum atomic E-state index is 4.55. The first kappa shape index (κ1) is 29.0. The Morgan fingerprint density at radius 3 is 2.06 bits per heavy atom. The molecule has 2 aromatic rings. The molecule has 34 heavy (non-hydrogen) atoms. The molecule has 0 radical (unpaired) electrons. The number of aryl methyl sites for hydroxylation is 1. The van der Waals surface area contributed by atoms with Crippen LogP contribution in [0.15, 0.2) is 78.5 Å². The molecule has 0 aliphatic carbocycles. The van der Waals surface area contributed by atoms with Gasteiger partial charge in [0.2, 0.25) is 0 Å². The number of terminal acetylenes is 1. The molecule has 0 saturated heterocycles. The third-order valence-corrected chi connectivity index (χ3v) is 5.79. The number of hydrogen-bond acceptors (Lipinski definition) is 2. The molecular weight excluding hydrogens is 412 g/mol. The zero-order chi connectivity index (χ0) is 25.7. The van der Waals surface area contributed by atoms with Crippen molar-refractivity contribution in [1.29, 1.82) is 0 Å². The van der Waals surface area contributed by atoms with Crippen molar-refractivity contribution >= 4 is 11.3 Å². The summed E-state index contributed by atoms with van der Waals surface area (Å²) in [5.41, 5.74) is 9.59. The molecule has 0 atom stereocenters. The minimum Gasteiger partial charge on any atom is -0.340 e. The molecule has 2 heteroatoms. The van der Waals surface area contributed by atoms with E-state index >= 15 is 0 Å². The summed E-state index contributed by atoms with van der Waals surface area (Å²) in [6, 6.07) is 17.5. The summed E-state index contributed by atoms with van der Waals surface area (Å²) in [7, 11) is 0. The number of nitrogens with zero attached hydrogens (tertiary/aromatic N) is 2. The molecule has 0 spiro atoms. The molecule has 0 unspecified atom stereocenters. The van der Waals surface area contributed by atoms with Gasteiger partial charge in [0.25, 0.3) is 0 Å². The highest BCUT2D eigenvalue weighted by Gasteiger charge is 2.29. The average Bonchev–Trinajstić information content (AvgIpc) is 2.86. The summed E-state index contributed by atoms with van der Waals surface area (Å²) in [4.78, 5) is 4.97. The monoisotopic (exact) mass is 456 g/mol. The van der Waals surface area contributed by atoms with Gasteiger partial charge in [-0.3, -0.25) is 0 Å². The molecule has 0 amide bonds. The SMILES string of the molecule is C#C.C=C(C)C1=C(c2ccccc2)c2cc(C)ccc2N(CCN(CCC)CCC)C1=C.CC. The second-order valence-electron chi connectivity index (χ2n) is 8.36. The quantitative estimate of drug-likeness (QED) is 0.352. The van der Waals surface area contributed by atoms with E-state index in [4.69, 9.17) is 0 Å². The lowest BCUT2D eigenvalue weighted by atomic mass is 9.83. The molecule has 1 aliphatic heterocycles. The van der Waals surface area contributed by atoms with Crippen molar-refractivity contribution < 1.29 is 0 Å². The summed E-state index contributed by atoms with van der Waals surface area (Å²) in [5.74, 6) is 0. The lowest BCUT2D eigenvalue weighted by molar-refractivity contribution is 0.281. The van der Waals surface area contributed by atoms with Crippen LogP contribution in [0.4, 0.5) is 5.69 Å². The van der Waals surface area contributed by atoms with Gasteiger partial charge in [-0.25, -0.2) is 0 Å². The van der Waals surface area contributed by atoms with E-state index in [1.807, 2.05) is 13.8 Å². The lowest BCUT2D eigenvalue weighted by Crippen LogP contribution is -2.37. The summed E-state index contributed by atoms with van der Waals surface area (Å²) in [6.45, 7) is 25.9. The first-order valence-electron chi connectivity index (χ1n) is 12.6. The van der Waals surface area contributed by atoms with Gasteiger partial charge in [0, 0.05) is 41.2 Å². The Balaban J connectivity index is 0.00000137. The Morgan fingerprint density at radius 2 is 1.53 bits per heavy atom. The Hall–Kier alpha value is -3.02. The summed E-state index contributed by atoms with van der Waals surface area (Å²) < 4.78 is 0. The maximum absolute atomic E-state index is 4.55. The van der Waals surface area contributed by atoms with Gasteiger partial charge in [-0.05, 0) is 63.0 Å². The number of fused-ring (bicyclic) bond motifs is 1. The van der Waals surface area contributed by atoms with Crippen molar-refractivity contribution in [2.24, 2.45) is 0 Å². The average molecular weight is 457 g/mol. The van der Waals surface area contributed by atoms with Gasteiger partial charge in [-0.1, -0.05) is 82.8 Å². The highest BCUT2D eigenvalue weighted by atomic mass is 15.2. The van der Waals surface area contributed by atoms with Crippen LogP contribution in [-0.4, -0.2) is 31.1 Å². The minimum absolute atomic E-state index is 0.938. The maximum Gasteiger partial charge on any atom is 0.0491 e. The topological polar surface area (TPSA) is 6.48 Å². The van der Waals surface area contributed by atoms with Crippen molar-refractivity contribution in [2.45, 2.75) is 54.4 Å². The molecule has 0 saturated carbocycles. The number of hydrogen-bond donors (Lipinski definition) is 0. The van der Waals surface area contributed by atoms with E-state index in [0.29, 0.717) is 0 Å². The highest BCUT2D eigenvalue weighted by molar-refractivity contribution is 5.96. The molecule has 1 heterocycles. The number of rotatable bonds is 9. The van der Waals surface area contributed by atoms with Gasteiger partial charge in [0.1, 0.15) is 0 Å². The number of allylic oxidation sites excluding steroid dienone is 1. The van der Waals surface area contributed by atoms with Gasteiger partial charge in [0.15, 0.2) is 0 Å². The molecular formula is C32H44N2. The third-order valence-electron chi connectivity index (χ3n) is 5.79. The summed E-state index contributed by atoms with van der Waals surface area (Å²) in [6.07, 6.45) is 10.4. The molecule has 0 bridgehead atoms. The van der Waals surface area contributed by atoms with Crippen molar-refractivity contribution in [3.05, 3.63) is 95.2 Å². The third kappa shape index (κ3) is 6.99. The van der Waals surface area contributed by atoms with Gasteiger partial charge in [-0.2, -0.15) is 0 Å². The van der Waals surface area contributed by atoms with Crippen LogP contribution in [0.2, 0.25) is 0 Å². The van der Waals surface area contributed by atoms with E-state index in [1.54, 1.807) is 0 Å². The lowest BCUT2D eigenvalue weighted by Gasteiger charge is -2.38. The molecule has 0 N–H and O–H groups in total. The van der Waals surface area contributed by atoms with E-state index in [1.165, 1.54) is 46.4 Å². The van der Waals surface area contributed by atoms with Gasteiger partial charge in [-0.15, -0.1) is 12.8 Å². The van der Waals surface area contributed by atoms with E-state index < -0.39 is 0 Å². The predicted molar refractivity (Wildman–Crippen MR) is 153 cm³/mol. The van der Waals surface area contributed by atoms with Crippen LogP contribution in [0.1, 0.15) is 64.2 Å². The van der Waals surface area contributed by atoms with Gasteiger partial charge >= 0.3 is 0 Å². The fraction of sp³-hybridized carbons (Fsp3) is 0.375. The molecule has 182 valence electrons. The van der Waals surface area contributed by atoms with Crippen molar-refractivity contribution in [2.75, 3.05) is 31.1 Å². The Morgan fingerprint density at radius 1 is 0.941 bits per heavy atom. The van der Waals surface area contributed by atoms with E-state index in [0.717, 1.165) is 37.4 Å². The number of anilines is 1. The van der Waals surface area contributed by atoms with Crippen LogP contribution in [0.3, 0.4) is 0 Å². The van der Waals surface area contributed by atoms with Crippen molar-refractivity contribution in [1.82, 2.24) is 4.90 Å². The predicted octanol–water partition coefficient (Wildman–Crippen LogP) is 8.10. The van der Waals surface area contributed by atoms with Crippen molar-refractivity contribution in [3.8, 4) is 12.8 Å². The highest BCUT2D eigenvalue weighted by Crippen LogP contribution is 2.45. The van der Waals surface area contributed by atoms with Crippen LogP contribution in [0, 0.1) is 19.8 Å². The van der Waals surface area contributed by atoms with Crippen LogP contribution < -0.4 is 4.90 Å². The molecule has 2 aromatic carbocycles.